The van der Waals surface area contributed by atoms with E-state index in [-0.39, 0.29) is 17.9 Å². The van der Waals surface area contributed by atoms with Crippen LogP contribution in [0.25, 0.3) is 11.0 Å². The Bertz CT molecular complexity index is 1720. The molecular weight excluding hydrogens is 583 g/mol. The third kappa shape index (κ3) is 5.53. The number of carbonyl (C=O) groups is 1. The molecule has 230 valence electrons. The second-order valence-corrected chi connectivity index (χ2v) is 12.5. The number of amides is 1. The summed E-state index contributed by atoms with van der Waals surface area (Å²) in [7, 11) is 0. The molecule has 0 saturated carbocycles. The number of para-hydroxylation sites is 1. The Morgan fingerprint density at radius 1 is 1.11 bits per heavy atom. The van der Waals surface area contributed by atoms with Crippen LogP contribution in [0.4, 0.5) is 10.1 Å². The Morgan fingerprint density at radius 2 is 1.93 bits per heavy atom. The van der Waals surface area contributed by atoms with Crippen LogP contribution < -0.4 is 14.8 Å². The van der Waals surface area contributed by atoms with E-state index in [0.29, 0.717) is 28.5 Å². The number of likely N-dealkylation sites (tertiary alicyclic amines) is 1. The highest BCUT2D eigenvalue weighted by atomic mass is 35.5. The van der Waals surface area contributed by atoms with Crippen LogP contribution in [0.3, 0.4) is 0 Å². The van der Waals surface area contributed by atoms with Gasteiger partial charge < -0.3 is 24.1 Å². The van der Waals surface area contributed by atoms with Crippen molar-refractivity contribution >= 4 is 34.2 Å². The Balaban J connectivity index is 1.07. The van der Waals surface area contributed by atoms with Gasteiger partial charge in [-0.05, 0) is 80.7 Å². The quantitative estimate of drug-likeness (QED) is 0.229. The van der Waals surface area contributed by atoms with Crippen LogP contribution in [0.15, 0.2) is 54.6 Å². The third-order valence-electron chi connectivity index (χ3n) is 9.04. The van der Waals surface area contributed by atoms with Crippen molar-refractivity contribution in [1.29, 1.82) is 0 Å². The lowest BCUT2D eigenvalue weighted by atomic mass is 9.88. The van der Waals surface area contributed by atoms with Gasteiger partial charge in [-0.3, -0.25) is 9.69 Å². The number of imidazole rings is 1. The molecule has 2 saturated heterocycles. The number of ether oxygens (including phenoxy) is 3. The lowest BCUT2D eigenvalue weighted by molar-refractivity contribution is -0.115. The second-order valence-electron chi connectivity index (χ2n) is 12.0. The van der Waals surface area contributed by atoms with Gasteiger partial charge in [-0.15, -0.1) is 0 Å². The zero-order valence-electron chi connectivity index (χ0n) is 24.9. The minimum Gasteiger partial charge on any atom is -0.444 e. The van der Waals surface area contributed by atoms with E-state index < -0.39 is 11.6 Å². The molecule has 0 bridgehead atoms. The first-order chi connectivity index (χ1) is 21.3. The van der Waals surface area contributed by atoms with Crippen LogP contribution in [0, 0.1) is 5.82 Å². The number of carbonyl (C=O) groups excluding carboxylic acids is 1. The molecule has 4 aromatic rings. The normalized spacial score (nSPS) is 21.9. The Hall–Kier alpha value is -3.66. The largest absolute Gasteiger partial charge is 0.444 e. The number of halogens is 2. The maximum atomic E-state index is 14.8. The van der Waals surface area contributed by atoms with E-state index in [1.807, 2.05) is 37.3 Å². The van der Waals surface area contributed by atoms with E-state index in [1.165, 1.54) is 6.07 Å². The molecule has 8 nitrogen and oxygen atoms in total. The molecule has 1 amide bonds. The molecule has 3 aliphatic rings. The van der Waals surface area contributed by atoms with Crippen molar-refractivity contribution in [2.75, 3.05) is 25.0 Å². The first-order valence-electron chi connectivity index (χ1n) is 15.4. The van der Waals surface area contributed by atoms with Gasteiger partial charge in [-0.25, -0.2) is 9.37 Å². The number of hydrogen-bond donors (Lipinski definition) is 1. The highest BCUT2D eigenvalue weighted by Crippen LogP contribution is 2.50. The molecule has 2 atom stereocenters. The number of hydrogen-bond acceptors (Lipinski definition) is 6. The fourth-order valence-corrected chi connectivity index (χ4v) is 6.66. The number of rotatable bonds is 8. The van der Waals surface area contributed by atoms with E-state index in [1.54, 1.807) is 19.1 Å². The van der Waals surface area contributed by atoms with Gasteiger partial charge in [0.15, 0.2) is 11.5 Å². The first kappa shape index (κ1) is 29.1. The predicted molar refractivity (Wildman–Crippen MR) is 167 cm³/mol. The summed E-state index contributed by atoms with van der Waals surface area (Å²) in [4.78, 5) is 19.4. The predicted octanol–water partition coefficient (Wildman–Crippen LogP) is 6.99. The number of nitrogens with zero attached hydrogens (tertiary/aromatic N) is 3. The van der Waals surface area contributed by atoms with Crippen molar-refractivity contribution in [2.24, 2.45) is 0 Å². The Morgan fingerprint density at radius 3 is 2.66 bits per heavy atom. The monoisotopic (exact) mass is 618 g/mol. The van der Waals surface area contributed by atoms with Crippen LogP contribution in [-0.4, -0.2) is 46.2 Å². The summed E-state index contributed by atoms with van der Waals surface area (Å²) in [6, 6.07) is 16.5. The van der Waals surface area contributed by atoms with Gasteiger partial charge in [-0.1, -0.05) is 30.7 Å². The minimum atomic E-state index is -1.27. The summed E-state index contributed by atoms with van der Waals surface area (Å²) < 4.78 is 35.5. The van der Waals surface area contributed by atoms with Gasteiger partial charge in [0.1, 0.15) is 11.6 Å². The molecule has 2 fully saturated rings. The summed E-state index contributed by atoms with van der Waals surface area (Å²) in [6.07, 6.45) is 3.57. The molecule has 0 aliphatic carbocycles. The van der Waals surface area contributed by atoms with Gasteiger partial charge >= 0.3 is 0 Å². The number of piperidine rings is 1. The van der Waals surface area contributed by atoms with Gasteiger partial charge in [-0.2, -0.15) is 0 Å². The van der Waals surface area contributed by atoms with Crippen LogP contribution in [0.1, 0.15) is 62.4 Å². The van der Waals surface area contributed by atoms with Crippen molar-refractivity contribution in [3.63, 3.8) is 0 Å². The average Bonchev–Trinajstić information content (AvgIpc) is 3.51. The second kappa shape index (κ2) is 11.7. The van der Waals surface area contributed by atoms with Crippen LogP contribution in [0.5, 0.6) is 11.5 Å². The molecule has 1 aromatic heterocycles. The SMILES string of the molecule is CCC(=O)Nc1ccc2c(c1)nc(CN1CCC(c3cccc4c3OC(C)(c3ccc(Cl)cc3F)O4)CC1)n2C[C@@H]1CCO1. The van der Waals surface area contributed by atoms with E-state index in [0.717, 1.165) is 80.2 Å². The zero-order valence-corrected chi connectivity index (χ0v) is 25.7. The van der Waals surface area contributed by atoms with Crippen LogP contribution >= 0.6 is 11.6 Å². The summed E-state index contributed by atoms with van der Waals surface area (Å²) in [6.45, 7) is 7.69. The van der Waals surface area contributed by atoms with Crippen molar-refractivity contribution in [1.82, 2.24) is 14.5 Å². The Labute approximate surface area is 261 Å². The van der Waals surface area contributed by atoms with Crippen molar-refractivity contribution in [2.45, 2.75) is 70.4 Å². The molecule has 7 rings (SSSR count). The molecule has 3 aromatic carbocycles. The maximum absolute atomic E-state index is 14.8. The van der Waals surface area contributed by atoms with Crippen LogP contribution in [0.2, 0.25) is 5.02 Å². The molecule has 0 spiro atoms. The lowest BCUT2D eigenvalue weighted by Gasteiger charge is -2.33. The number of fused-ring (bicyclic) bond motifs is 2. The van der Waals surface area contributed by atoms with Crippen molar-refractivity contribution in [3.05, 3.63) is 82.4 Å². The number of benzene rings is 3. The van der Waals surface area contributed by atoms with Crippen LogP contribution in [-0.2, 0) is 28.4 Å². The van der Waals surface area contributed by atoms with E-state index >= 15 is 0 Å². The maximum Gasteiger partial charge on any atom is 0.278 e. The summed E-state index contributed by atoms with van der Waals surface area (Å²) in [5, 5.41) is 3.28. The van der Waals surface area contributed by atoms with E-state index in [2.05, 4.69) is 20.9 Å². The topological polar surface area (TPSA) is 77.9 Å². The van der Waals surface area contributed by atoms with Gasteiger partial charge in [0.05, 0.1) is 35.8 Å². The average molecular weight is 619 g/mol. The van der Waals surface area contributed by atoms with Gasteiger partial charge in [0, 0.05) is 36.2 Å². The third-order valence-corrected chi connectivity index (χ3v) is 9.27. The highest BCUT2D eigenvalue weighted by Gasteiger charge is 2.43. The highest BCUT2D eigenvalue weighted by molar-refractivity contribution is 6.30. The fraction of sp³-hybridized carbons (Fsp3) is 0.412. The smallest absolute Gasteiger partial charge is 0.278 e. The standard InChI is InChI=1S/C34H36ClFN4O4/c1-3-32(41)37-23-8-10-29-28(18-23)38-31(40(29)19-24-13-16-42-24)20-39-14-11-21(12-15-39)25-5-4-6-30-33(25)44-34(2,43-30)26-9-7-22(35)17-27(26)36/h4-10,17-18,21,24H,3,11-16,19-20H2,1-2H3,(H,37,41)/t24-,34?/m0/s1. The summed E-state index contributed by atoms with van der Waals surface area (Å²) in [5.74, 6) is 0.868. The van der Waals surface area contributed by atoms with E-state index in [9.17, 15) is 9.18 Å². The molecule has 3 aliphatic heterocycles. The number of anilines is 1. The van der Waals surface area contributed by atoms with E-state index in [4.69, 9.17) is 30.8 Å². The van der Waals surface area contributed by atoms with Gasteiger partial charge in [0.2, 0.25) is 5.91 Å². The first-order valence-corrected chi connectivity index (χ1v) is 15.8. The van der Waals surface area contributed by atoms with Gasteiger partial charge in [0.25, 0.3) is 5.79 Å². The van der Waals surface area contributed by atoms with Crippen molar-refractivity contribution < 1.29 is 23.4 Å². The summed E-state index contributed by atoms with van der Waals surface area (Å²) >= 11 is 5.99. The minimum absolute atomic E-state index is 0.0162. The molecule has 10 heteroatoms. The molecule has 1 unspecified atom stereocenters. The molecule has 1 N–H and O–H groups in total. The lowest BCUT2D eigenvalue weighted by Crippen LogP contribution is -2.35. The number of nitrogens with one attached hydrogen (secondary N) is 1. The summed E-state index contributed by atoms with van der Waals surface area (Å²) in [5.41, 5.74) is 4.10. The molecular formula is C34H36ClFN4O4. The molecule has 44 heavy (non-hydrogen) atoms. The number of aromatic nitrogens is 2. The molecule has 0 radical (unpaired) electrons. The fourth-order valence-electron chi connectivity index (χ4n) is 6.50. The Kier molecular flexibility index (Phi) is 7.72. The zero-order chi connectivity index (χ0) is 30.4. The molecule has 4 heterocycles. The van der Waals surface area contributed by atoms with Crippen molar-refractivity contribution in [3.8, 4) is 11.5 Å².